The van der Waals surface area contributed by atoms with E-state index in [0.717, 1.165) is 73.0 Å². The number of rotatable bonds is 12. The molecule has 0 aliphatic heterocycles. The summed E-state index contributed by atoms with van der Waals surface area (Å²) in [5.41, 5.74) is 8.38. The van der Waals surface area contributed by atoms with Crippen molar-refractivity contribution in [2.24, 2.45) is 0 Å². The molecule has 204 valence electrons. The fourth-order valence-corrected chi connectivity index (χ4v) is 5.36. The third kappa shape index (κ3) is 6.52. The zero-order valence-corrected chi connectivity index (χ0v) is 23.9. The van der Waals surface area contributed by atoms with Crippen molar-refractivity contribution in [1.82, 2.24) is 14.5 Å². The lowest BCUT2D eigenvalue weighted by atomic mass is 10.1. The lowest BCUT2D eigenvalue weighted by Crippen LogP contribution is -2.24. The van der Waals surface area contributed by atoms with Crippen molar-refractivity contribution in [2.75, 3.05) is 7.11 Å². The number of aryl methyl sites for hydroxylation is 1. The number of methoxy groups -OCH3 is 1. The Bertz CT molecular complexity index is 1490. The Balaban J connectivity index is 1.60. The SMILES string of the molecule is CCCCn1c(-c2ccccc2)nc(-c2ccccc2)c1CN(Cc1ccccc1)Cc1ccc(OC)c(C)c1. The molecule has 0 N–H and O–H groups in total. The molecular formula is C36H39N3O. The first-order valence-corrected chi connectivity index (χ1v) is 14.3. The van der Waals surface area contributed by atoms with Gasteiger partial charge in [0, 0.05) is 37.3 Å². The Morgan fingerprint density at radius 3 is 1.98 bits per heavy atom. The van der Waals surface area contributed by atoms with Gasteiger partial charge in [0.2, 0.25) is 0 Å². The van der Waals surface area contributed by atoms with Crippen LogP contribution in [0.25, 0.3) is 22.6 Å². The van der Waals surface area contributed by atoms with Crippen LogP contribution >= 0.6 is 0 Å². The van der Waals surface area contributed by atoms with Crippen LogP contribution < -0.4 is 4.74 Å². The maximum atomic E-state index is 5.53. The highest BCUT2D eigenvalue weighted by Gasteiger charge is 2.22. The van der Waals surface area contributed by atoms with Gasteiger partial charge in [-0.25, -0.2) is 4.98 Å². The molecule has 0 bridgehead atoms. The summed E-state index contributed by atoms with van der Waals surface area (Å²) in [6, 6.07) is 38.5. The Labute approximate surface area is 238 Å². The maximum Gasteiger partial charge on any atom is 0.140 e. The highest BCUT2D eigenvalue weighted by atomic mass is 16.5. The molecular weight excluding hydrogens is 490 g/mol. The standard InChI is InChI=1S/C36H39N3O/c1-4-5-23-39-33(35(31-17-11-7-12-18-31)37-36(39)32-19-13-8-14-20-32)27-38(25-29-15-9-6-10-16-29)26-30-21-22-34(40-3)28(2)24-30/h6-22,24H,4-5,23,25-27H2,1-3H3. The van der Waals surface area contributed by atoms with Gasteiger partial charge in [0.15, 0.2) is 0 Å². The lowest BCUT2D eigenvalue weighted by molar-refractivity contribution is 0.241. The summed E-state index contributed by atoms with van der Waals surface area (Å²) in [6.07, 6.45) is 2.24. The molecule has 1 aromatic heterocycles. The van der Waals surface area contributed by atoms with Crippen LogP contribution in [0.3, 0.4) is 0 Å². The first-order chi connectivity index (χ1) is 19.7. The first-order valence-electron chi connectivity index (χ1n) is 14.3. The minimum absolute atomic E-state index is 0.785. The predicted octanol–water partition coefficient (Wildman–Crippen LogP) is 8.54. The van der Waals surface area contributed by atoms with Gasteiger partial charge in [-0.15, -0.1) is 0 Å². The number of nitrogens with zero attached hydrogens (tertiary/aromatic N) is 3. The van der Waals surface area contributed by atoms with Gasteiger partial charge in [-0.2, -0.15) is 0 Å². The Kier molecular flexibility index (Phi) is 9.10. The van der Waals surface area contributed by atoms with Crippen LogP contribution in [0.15, 0.2) is 109 Å². The van der Waals surface area contributed by atoms with Crippen LogP contribution in [0.2, 0.25) is 0 Å². The highest BCUT2D eigenvalue weighted by molar-refractivity contribution is 5.68. The number of ether oxygens (including phenoxy) is 1. The average molecular weight is 530 g/mol. The number of benzene rings is 4. The average Bonchev–Trinajstić information content (AvgIpc) is 3.35. The fraction of sp³-hybridized carbons (Fsp3) is 0.250. The van der Waals surface area contributed by atoms with Crippen molar-refractivity contribution in [3.63, 3.8) is 0 Å². The molecule has 4 heteroatoms. The van der Waals surface area contributed by atoms with Crippen molar-refractivity contribution in [3.05, 3.63) is 132 Å². The molecule has 4 nitrogen and oxygen atoms in total. The van der Waals surface area contributed by atoms with Crippen LogP contribution in [-0.4, -0.2) is 21.6 Å². The zero-order chi connectivity index (χ0) is 27.7. The molecule has 0 aliphatic rings. The van der Waals surface area contributed by atoms with Gasteiger partial charge < -0.3 is 9.30 Å². The smallest absolute Gasteiger partial charge is 0.140 e. The van der Waals surface area contributed by atoms with E-state index < -0.39 is 0 Å². The summed E-state index contributed by atoms with van der Waals surface area (Å²) in [6.45, 7) is 7.77. The van der Waals surface area contributed by atoms with E-state index in [1.165, 1.54) is 16.8 Å². The van der Waals surface area contributed by atoms with Gasteiger partial charge in [-0.05, 0) is 36.1 Å². The van der Waals surface area contributed by atoms with E-state index in [0.29, 0.717) is 0 Å². The van der Waals surface area contributed by atoms with Gasteiger partial charge in [0.1, 0.15) is 11.6 Å². The highest BCUT2D eigenvalue weighted by Crippen LogP contribution is 2.32. The van der Waals surface area contributed by atoms with Gasteiger partial charge in [-0.3, -0.25) is 4.90 Å². The van der Waals surface area contributed by atoms with Crippen molar-refractivity contribution in [3.8, 4) is 28.4 Å². The van der Waals surface area contributed by atoms with Crippen molar-refractivity contribution < 1.29 is 4.74 Å². The quantitative estimate of drug-likeness (QED) is 0.162. The molecule has 0 amide bonds. The second kappa shape index (κ2) is 13.3. The number of aromatic nitrogens is 2. The number of imidazole rings is 1. The monoisotopic (exact) mass is 529 g/mol. The molecule has 4 aromatic carbocycles. The van der Waals surface area contributed by atoms with E-state index in [9.17, 15) is 0 Å². The molecule has 0 atom stereocenters. The van der Waals surface area contributed by atoms with E-state index in [4.69, 9.17) is 9.72 Å². The molecule has 5 rings (SSSR count). The van der Waals surface area contributed by atoms with Crippen molar-refractivity contribution in [1.29, 1.82) is 0 Å². The summed E-state index contributed by atoms with van der Waals surface area (Å²) in [7, 11) is 1.73. The molecule has 5 aromatic rings. The molecule has 0 unspecified atom stereocenters. The third-order valence-corrected chi connectivity index (χ3v) is 7.37. The summed E-state index contributed by atoms with van der Waals surface area (Å²) < 4.78 is 8.00. The van der Waals surface area contributed by atoms with E-state index in [1.807, 2.05) is 0 Å². The molecule has 0 spiro atoms. The molecule has 0 saturated heterocycles. The molecule has 0 fully saturated rings. The zero-order valence-electron chi connectivity index (χ0n) is 23.9. The predicted molar refractivity (Wildman–Crippen MR) is 165 cm³/mol. The third-order valence-electron chi connectivity index (χ3n) is 7.37. The topological polar surface area (TPSA) is 30.3 Å². The summed E-state index contributed by atoms with van der Waals surface area (Å²) >= 11 is 0. The Morgan fingerprint density at radius 1 is 0.725 bits per heavy atom. The summed E-state index contributed by atoms with van der Waals surface area (Å²) in [5, 5.41) is 0. The van der Waals surface area contributed by atoms with Crippen LogP contribution in [-0.2, 0) is 26.2 Å². The van der Waals surface area contributed by atoms with E-state index in [-0.39, 0.29) is 0 Å². The van der Waals surface area contributed by atoms with E-state index in [2.05, 4.69) is 133 Å². The molecule has 0 radical (unpaired) electrons. The van der Waals surface area contributed by atoms with Crippen LogP contribution in [0, 0.1) is 6.92 Å². The second-order valence-corrected chi connectivity index (χ2v) is 10.4. The minimum atomic E-state index is 0.785. The molecule has 40 heavy (non-hydrogen) atoms. The number of hydrogen-bond donors (Lipinski definition) is 0. The number of unbranched alkanes of at least 4 members (excludes halogenated alkanes) is 1. The van der Waals surface area contributed by atoms with E-state index in [1.54, 1.807) is 7.11 Å². The first kappa shape index (κ1) is 27.4. The summed E-state index contributed by atoms with van der Waals surface area (Å²) in [5.74, 6) is 1.97. The lowest BCUT2D eigenvalue weighted by Gasteiger charge is -2.25. The van der Waals surface area contributed by atoms with Crippen molar-refractivity contribution in [2.45, 2.75) is 52.9 Å². The fourth-order valence-electron chi connectivity index (χ4n) is 5.36. The van der Waals surface area contributed by atoms with Crippen molar-refractivity contribution >= 4 is 0 Å². The summed E-state index contributed by atoms with van der Waals surface area (Å²) in [4.78, 5) is 7.87. The minimum Gasteiger partial charge on any atom is -0.496 e. The largest absolute Gasteiger partial charge is 0.496 e. The van der Waals surface area contributed by atoms with Gasteiger partial charge in [-0.1, -0.05) is 116 Å². The van der Waals surface area contributed by atoms with Gasteiger partial charge >= 0.3 is 0 Å². The Morgan fingerprint density at radius 2 is 1.35 bits per heavy atom. The van der Waals surface area contributed by atoms with E-state index >= 15 is 0 Å². The van der Waals surface area contributed by atoms with Gasteiger partial charge in [0.05, 0.1) is 18.5 Å². The molecule has 0 saturated carbocycles. The van der Waals surface area contributed by atoms with Crippen LogP contribution in [0.4, 0.5) is 0 Å². The van der Waals surface area contributed by atoms with Crippen LogP contribution in [0.5, 0.6) is 5.75 Å². The maximum absolute atomic E-state index is 5.53. The van der Waals surface area contributed by atoms with Crippen LogP contribution in [0.1, 0.15) is 42.1 Å². The number of hydrogen-bond acceptors (Lipinski definition) is 3. The molecule has 0 aliphatic carbocycles. The second-order valence-electron chi connectivity index (χ2n) is 10.4. The Hall–Kier alpha value is -4.15. The van der Waals surface area contributed by atoms with Gasteiger partial charge in [0.25, 0.3) is 0 Å². The normalized spacial score (nSPS) is 11.2. The molecule has 1 heterocycles.